The van der Waals surface area contributed by atoms with Crippen LogP contribution in [-0.4, -0.2) is 21.8 Å². The van der Waals surface area contributed by atoms with Crippen molar-refractivity contribution in [2.75, 3.05) is 10.6 Å². The van der Waals surface area contributed by atoms with Crippen molar-refractivity contribution in [2.45, 2.75) is 37.5 Å². The number of hydrogen-bond acceptors (Lipinski definition) is 6. The van der Waals surface area contributed by atoms with Crippen LogP contribution in [0, 0.1) is 11.8 Å². The fraction of sp³-hybridized carbons (Fsp3) is 0.200. The smallest absolute Gasteiger partial charge is 0.230 e. The van der Waals surface area contributed by atoms with Gasteiger partial charge in [-0.1, -0.05) is 123 Å². The van der Waals surface area contributed by atoms with Crippen LogP contribution in [0.5, 0.6) is 0 Å². The van der Waals surface area contributed by atoms with Crippen LogP contribution >= 0.6 is 22.7 Å². The number of benzene rings is 4. The minimum atomic E-state index is -0.334. The fourth-order valence-corrected chi connectivity index (χ4v) is 8.64. The first kappa shape index (κ1) is 31.7. The van der Waals surface area contributed by atoms with Crippen LogP contribution in [0.15, 0.2) is 132 Å². The van der Waals surface area contributed by atoms with Gasteiger partial charge in [-0.25, -0.2) is 9.97 Å². The van der Waals surface area contributed by atoms with E-state index < -0.39 is 0 Å². The molecule has 4 aromatic carbocycles. The molecule has 2 aliphatic rings. The quantitative estimate of drug-likeness (QED) is 0.186. The van der Waals surface area contributed by atoms with Crippen LogP contribution in [0.1, 0.15) is 47.2 Å². The molecule has 0 unspecified atom stereocenters. The molecule has 0 fully saturated rings. The lowest BCUT2D eigenvalue weighted by Crippen LogP contribution is -2.38. The van der Waals surface area contributed by atoms with Crippen LogP contribution in [0.25, 0.3) is 0 Å². The molecule has 48 heavy (non-hydrogen) atoms. The Morgan fingerprint density at radius 3 is 1.33 bits per heavy atom. The number of carbonyl (C=O) groups excluding carboxylic acids is 2. The largest absolute Gasteiger partial charge is 0.302 e. The highest BCUT2D eigenvalue weighted by Gasteiger charge is 2.49. The van der Waals surface area contributed by atoms with Gasteiger partial charge in [-0.2, -0.15) is 0 Å². The molecule has 8 heteroatoms. The molecule has 0 spiro atoms. The molecule has 2 aromatic heterocycles. The van der Waals surface area contributed by atoms with Gasteiger partial charge in [0.15, 0.2) is 10.3 Å². The fourth-order valence-electron chi connectivity index (χ4n) is 7.58. The van der Waals surface area contributed by atoms with Crippen molar-refractivity contribution in [3.8, 4) is 0 Å². The lowest BCUT2D eigenvalue weighted by atomic mass is 9.71. The number of nitrogens with one attached hydrogen (secondary N) is 2. The zero-order valence-corrected chi connectivity index (χ0v) is 28.4. The first-order valence-corrected chi connectivity index (χ1v) is 17.8. The molecule has 4 atom stereocenters. The Morgan fingerprint density at radius 2 is 0.958 bits per heavy atom. The van der Waals surface area contributed by atoms with E-state index in [1.54, 1.807) is 12.4 Å². The third kappa shape index (κ3) is 5.76. The summed E-state index contributed by atoms with van der Waals surface area (Å²) in [6, 6.07) is 37.4. The van der Waals surface area contributed by atoms with Gasteiger partial charge >= 0.3 is 0 Å². The SMILES string of the molecule is C[C@]1(c2ccccc2)c2ccccc2C[C@@H]1C(=O)Nc1nccs1.C[C@]1(c2ccccc2)c2ccccc2C[C@H]1C(=O)Nc1nccs1. The summed E-state index contributed by atoms with van der Waals surface area (Å²) in [6.07, 6.45) is 4.91. The van der Waals surface area contributed by atoms with Crippen molar-refractivity contribution in [1.82, 2.24) is 9.97 Å². The molecule has 0 radical (unpaired) electrons. The Hall–Kier alpha value is -4.92. The third-order valence-corrected chi connectivity index (χ3v) is 11.5. The van der Waals surface area contributed by atoms with E-state index in [1.807, 2.05) is 59.3 Å². The van der Waals surface area contributed by atoms with Crippen LogP contribution in [0.2, 0.25) is 0 Å². The highest BCUT2D eigenvalue weighted by atomic mass is 32.1. The van der Waals surface area contributed by atoms with Crippen LogP contribution in [0.3, 0.4) is 0 Å². The van der Waals surface area contributed by atoms with E-state index in [1.165, 1.54) is 56.1 Å². The van der Waals surface area contributed by atoms with Gasteiger partial charge in [0.25, 0.3) is 0 Å². The summed E-state index contributed by atoms with van der Waals surface area (Å²) in [4.78, 5) is 34.4. The number of nitrogens with zero attached hydrogens (tertiary/aromatic N) is 2. The lowest BCUT2D eigenvalue weighted by Gasteiger charge is -2.32. The van der Waals surface area contributed by atoms with Crippen molar-refractivity contribution in [2.24, 2.45) is 11.8 Å². The molecule has 2 aliphatic carbocycles. The van der Waals surface area contributed by atoms with Gasteiger partial charge in [-0.05, 0) is 46.2 Å². The molecular formula is C40H36N4O2S2. The Morgan fingerprint density at radius 1 is 0.583 bits per heavy atom. The molecule has 0 aliphatic heterocycles. The van der Waals surface area contributed by atoms with Gasteiger partial charge in [-0.3, -0.25) is 9.59 Å². The van der Waals surface area contributed by atoms with E-state index in [0.717, 1.165) is 12.8 Å². The van der Waals surface area contributed by atoms with Crippen LogP contribution in [0.4, 0.5) is 10.3 Å². The maximum atomic E-state index is 13.0. The van der Waals surface area contributed by atoms with Crippen molar-refractivity contribution in [1.29, 1.82) is 0 Å². The number of rotatable bonds is 6. The van der Waals surface area contributed by atoms with Crippen molar-refractivity contribution in [3.05, 3.63) is 166 Å². The third-order valence-electron chi connectivity index (χ3n) is 10.1. The van der Waals surface area contributed by atoms with E-state index in [0.29, 0.717) is 10.3 Å². The average Bonchev–Trinajstić information content (AvgIpc) is 3.94. The Balaban J connectivity index is 0.000000152. The topological polar surface area (TPSA) is 84.0 Å². The maximum Gasteiger partial charge on any atom is 0.230 e. The summed E-state index contributed by atoms with van der Waals surface area (Å²) >= 11 is 2.89. The van der Waals surface area contributed by atoms with Crippen molar-refractivity contribution >= 4 is 44.8 Å². The standard InChI is InChI=1S/2C20H18N2OS/c2*1-20(15-8-3-2-4-9-15)16-10-6-5-7-14(16)13-17(20)18(23)22-19-21-11-12-24-19/h2*2-12,17H,13H2,1H3,(H,21,22,23)/t17-,20+;17-,20-/m10/s1. The molecule has 6 aromatic rings. The van der Waals surface area contributed by atoms with E-state index >= 15 is 0 Å². The minimum absolute atomic E-state index is 0.0347. The molecule has 8 rings (SSSR count). The normalized spacial score (nSPS) is 22.1. The monoisotopic (exact) mass is 668 g/mol. The van der Waals surface area contributed by atoms with Crippen molar-refractivity contribution < 1.29 is 9.59 Å². The maximum absolute atomic E-state index is 13.0. The lowest BCUT2D eigenvalue weighted by molar-refractivity contribution is -0.121. The molecule has 2 N–H and O–H groups in total. The van der Waals surface area contributed by atoms with Crippen molar-refractivity contribution in [3.63, 3.8) is 0 Å². The second-order valence-corrected chi connectivity index (χ2v) is 14.4. The summed E-state index contributed by atoms with van der Waals surface area (Å²) in [5, 5.41) is 11.0. The van der Waals surface area contributed by atoms with E-state index in [4.69, 9.17) is 0 Å². The number of aromatic nitrogens is 2. The predicted molar refractivity (Wildman–Crippen MR) is 195 cm³/mol. The van der Waals surface area contributed by atoms with Gasteiger partial charge in [0.2, 0.25) is 11.8 Å². The van der Waals surface area contributed by atoms with Gasteiger partial charge < -0.3 is 10.6 Å². The number of hydrogen-bond donors (Lipinski definition) is 2. The number of thiazole rings is 2. The minimum Gasteiger partial charge on any atom is -0.302 e. The molecule has 0 saturated carbocycles. The first-order valence-electron chi connectivity index (χ1n) is 16.1. The molecule has 2 amide bonds. The van der Waals surface area contributed by atoms with E-state index in [-0.39, 0.29) is 34.5 Å². The number of carbonyl (C=O) groups is 2. The summed E-state index contributed by atoms with van der Waals surface area (Å²) < 4.78 is 0. The van der Waals surface area contributed by atoms with Gasteiger partial charge in [0.05, 0.1) is 11.8 Å². The summed E-state index contributed by atoms with van der Waals surface area (Å²) in [7, 11) is 0. The molecule has 2 heterocycles. The van der Waals surface area contributed by atoms with E-state index in [2.05, 4.69) is 95.1 Å². The number of fused-ring (bicyclic) bond motifs is 2. The predicted octanol–water partition coefficient (Wildman–Crippen LogP) is 8.52. The summed E-state index contributed by atoms with van der Waals surface area (Å²) in [6.45, 7) is 4.36. The molecule has 6 nitrogen and oxygen atoms in total. The van der Waals surface area contributed by atoms with E-state index in [9.17, 15) is 9.59 Å². The number of anilines is 2. The second kappa shape index (κ2) is 13.3. The zero-order valence-electron chi connectivity index (χ0n) is 26.8. The van der Waals surface area contributed by atoms with Crippen LogP contribution in [-0.2, 0) is 33.3 Å². The highest BCUT2D eigenvalue weighted by Crippen LogP contribution is 2.49. The average molecular weight is 669 g/mol. The molecule has 0 bridgehead atoms. The Kier molecular flexibility index (Phi) is 8.77. The zero-order chi connectivity index (χ0) is 33.1. The Bertz CT molecular complexity index is 1870. The number of amides is 2. The molecule has 240 valence electrons. The Labute approximate surface area is 289 Å². The van der Waals surface area contributed by atoms with Gasteiger partial charge in [-0.15, -0.1) is 22.7 Å². The summed E-state index contributed by atoms with van der Waals surface area (Å²) in [5.41, 5.74) is 6.68. The highest BCUT2D eigenvalue weighted by molar-refractivity contribution is 7.14. The van der Waals surface area contributed by atoms with Gasteiger partial charge in [0, 0.05) is 34.0 Å². The second-order valence-electron chi connectivity index (χ2n) is 12.6. The van der Waals surface area contributed by atoms with Crippen LogP contribution < -0.4 is 10.6 Å². The molecule has 0 saturated heterocycles. The first-order chi connectivity index (χ1) is 23.4. The van der Waals surface area contributed by atoms with Gasteiger partial charge in [0.1, 0.15) is 0 Å². The molecular weight excluding hydrogens is 633 g/mol. The summed E-state index contributed by atoms with van der Waals surface area (Å²) in [5.74, 6) is -0.234.